The number of fused-ring (bicyclic) bond motifs is 1. The first-order chi connectivity index (χ1) is 9.75. The number of imidazole rings is 1. The molecule has 0 fully saturated rings. The first kappa shape index (κ1) is 13.2. The fraction of sp³-hybridized carbons (Fsp3) is 0.333. The lowest BCUT2D eigenvalue weighted by Gasteiger charge is -2.15. The zero-order valence-electron chi connectivity index (χ0n) is 11.1. The zero-order chi connectivity index (χ0) is 13.9. The second-order valence-corrected chi connectivity index (χ2v) is 5.79. The van der Waals surface area contributed by atoms with Crippen molar-refractivity contribution < 1.29 is 9.90 Å². The molecule has 2 aromatic rings. The van der Waals surface area contributed by atoms with Crippen LogP contribution in [-0.4, -0.2) is 26.4 Å². The van der Waals surface area contributed by atoms with Crippen molar-refractivity contribution in [1.29, 1.82) is 0 Å². The number of hydrogen-bond acceptors (Lipinski definition) is 3. The molecule has 4 nitrogen and oxygen atoms in total. The van der Waals surface area contributed by atoms with E-state index in [2.05, 4.69) is 9.55 Å². The van der Waals surface area contributed by atoms with Crippen molar-refractivity contribution in [3.63, 3.8) is 0 Å². The van der Waals surface area contributed by atoms with Crippen molar-refractivity contribution in [3.8, 4) is 5.69 Å². The monoisotopic (exact) mass is 288 g/mol. The van der Waals surface area contributed by atoms with Crippen molar-refractivity contribution in [2.24, 2.45) is 0 Å². The smallest absolute Gasteiger partial charge is 0.313 e. The van der Waals surface area contributed by atoms with E-state index in [1.165, 1.54) is 30.3 Å². The van der Waals surface area contributed by atoms with Gasteiger partial charge >= 0.3 is 5.97 Å². The first-order valence-corrected chi connectivity index (χ1v) is 7.75. The van der Waals surface area contributed by atoms with E-state index in [0.717, 1.165) is 29.4 Å². The highest BCUT2D eigenvalue weighted by atomic mass is 32.2. The van der Waals surface area contributed by atoms with E-state index in [1.807, 2.05) is 30.3 Å². The third-order valence-corrected chi connectivity index (χ3v) is 4.36. The van der Waals surface area contributed by atoms with Gasteiger partial charge in [-0.05, 0) is 37.8 Å². The maximum atomic E-state index is 10.8. The minimum Gasteiger partial charge on any atom is -0.481 e. The number of carbonyl (C=O) groups is 1. The number of benzene rings is 1. The number of carboxylic acid groups (broad SMARTS) is 1. The molecule has 1 heterocycles. The van der Waals surface area contributed by atoms with Crippen molar-refractivity contribution in [2.45, 2.75) is 30.8 Å². The lowest BCUT2D eigenvalue weighted by atomic mass is 10.0. The first-order valence-electron chi connectivity index (χ1n) is 6.76. The predicted molar refractivity (Wildman–Crippen MR) is 78.6 cm³/mol. The predicted octanol–water partition coefficient (Wildman–Crippen LogP) is 2.93. The fourth-order valence-corrected chi connectivity index (χ4v) is 3.35. The Hall–Kier alpha value is -1.75. The summed E-state index contributed by atoms with van der Waals surface area (Å²) < 4.78 is 2.13. The van der Waals surface area contributed by atoms with Crippen LogP contribution >= 0.6 is 11.8 Å². The molecule has 5 heteroatoms. The van der Waals surface area contributed by atoms with Crippen molar-refractivity contribution >= 4 is 17.7 Å². The molecule has 104 valence electrons. The SMILES string of the molecule is O=C(O)CSc1nc2c(n1-c1ccccc1)CCCC2. The van der Waals surface area contributed by atoms with Gasteiger partial charge < -0.3 is 5.11 Å². The molecule has 20 heavy (non-hydrogen) atoms. The minimum atomic E-state index is -0.810. The average molecular weight is 288 g/mol. The number of carboxylic acids is 1. The van der Waals surface area contributed by atoms with Gasteiger partial charge in [0.1, 0.15) is 0 Å². The van der Waals surface area contributed by atoms with Crippen LogP contribution in [0.1, 0.15) is 24.2 Å². The Morgan fingerprint density at radius 1 is 1.25 bits per heavy atom. The molecule has 0 atom stereocenters. The van der Waals surface area contributed by atoms with Gasteiger partial charge in [0.15, 0.2) is 5.16 Å². The molecule has 0 unspecified atom stereocenters. The highest BCUT2D eigenvalue weighted by Gasteiger charge is 2.21. The molecule has 1 aromatic heterocycles. The molecular formula is C15H16N2O2S. The van der Waals surface area contributed by atoms with Crippen LogP contribution in [0.3, 0.4) is 0 Å². The second-order valence-electron chi connectivity index (χ2n) is 4.85. The molecule has 0 aliphatic heterocycles. The highest BCUT2D eigenvalue weighted by molar-refractivity contribution is 7.99. The Kier molecular flexibility index (Phi) is 3.78. The van der Waals surface area contributed by atoms with Crippen LogP contribution in [0.25, 0.3) is 5.69 Å². The maximum absolute atomic E-state index is 10.8. The van der Waals surface area contributed by atoms with E-state index < -0.39 is 5.97 Å². The number of aryl methyl sites for hydroxylation is 1. The largest absolute Gasteiger partial charge is 0.481 e. The molecule has 0 saturated heterocycles. The van der Waals surface area contributed by atoms with Crippen LogP contribution in [0.4, 0.5) is 0 Å². The number of aromatic nitrogens is 2. The molecule has 3 rings (SSSR count). The van der Waals surface area contributed by atoms with Gasteiger partial charge in [-0.15, -0.1) is 0 Å². The molecular weight excluding hydrogens is 272 g/mol. The van der Waals surface area contributed by atoms with E-state index in [1.54, 1.807) is 0 Å². The summed E-state index contributed by atoms with van der Waals surface area (Å²) in [4.78, 5) is 15.5. The Morgan fingerprint density at radius 2 is 2.00 bits per heavy atom. The van der Waals surface area contributed by atoms with Gasteiger partial charge in [0.25, 0.3) is 0 Å². The van der Waals surface area contributed by atoms with Crippen LogP contribution in [-0.2, 0) is 17.6 Å². The quantitative estimate of drug-likeness (QED) is 0.879. The fourth-order valence-electron chi connectivity index (χ4n) is 2.58. The number of thioether (sulfide) groups is 1. The van der Waals surface area contributed by atoms with Gasteiger partial charge in [0.05, 0.1) is 11.4 Å². The Morgan fingerprint density at radius 3 is 2.75 bits per heavy atom. The summed E-state index contributed by atoms with van der Waals surface area (Å²) in [5.74, 6) is -0.765. The van der Waals surface area contributed by atoms with E-state index >= 15 is 0 Å². The molecule has 1 aromatic carbocycles. The van der Waals surface area contributed by atoms with E-state index in [-0.39, 0.29) is 5.75 Å². The van der Waals surface area contributed by atoms with Crippen LogP contribution < -0.4 is 0 Å². The third kappa shape index (κ3) is 2.58. The van der Waals surface area contributed by atoms with Crippen LogP contribution in [0.5, 0.6) is 0 Å². The number of aliphatic carboxylic acids is 1. The number of nitrogens with zero attached hydrogens (tertiary/aromatic N) is 2. The summed E-state index contributed by atoms with van der Waals surface area (Å²) in [6.07, 6.45) is 4.36. The Balaban J connectivity index is 2.04. The van der Waals surface area contributed by atoms with Gasteiger partial charge in [-0.3, -0.25) is 9.36 Å². The average Bonchev–Trinajstić information content (AvgIpc) is 2.84. The number of hydrogen-bond donors (Lipinski definition) is 1. The summed E-state index contributed by atoms with van der Waals surface area (Å²) in [5.41, 5.74) is 3.44. The highest BCUT2D eigenvalue weighted by Crippen LogP contribution is 2.30. The summed E-state index contributed by atoms with van der Waals surface area (Å²) in [5, 5.41) is 9.68. The molecule has 0 bridgehead atoms. The van der Waals surface area contributed by atoms with Gasteiger partial charge in [0.2, 0.25) is 0 Å². The lowest BCUT2D eigenvalue weighted by molar-refractivity contribution is -0.133. The van der Waals surface area contributed by atoms with Crippen molar-refractivity contribution in [3.05, 3.63) is 41.7 Å². The van der Waals surface area contributed by atoms with Crippen molar-refractivity contribution in [2.75, 3.05) is 5.75 Å². The number of rotatable bonds is 4. The Labute approximate surface area is 121 Å². The van der Waals surface area contributed by atoms with E-state index in [9.17, 15) is 4.79 Å². The normalized spacial score (nSPS) is 14.0. The van der Waals surface area contributed by atoms with Gasteiger partial charge in [0, 0.05) is 11.4 Å². The van der Waals surface area contributed by atoms with Crippen molar-refractivity contribution in [1.82, 2.24) is 9.55 Å². The van der Waals surface area contributed by atoms with Crippen LogP contribution in [0.2, 0.25) is 0 Å². The molecule has 1 aliphatic carbocycles. The third-order valence-electron chi connectivity index (χ3n) is 3.44. The molecule has 0 radical (unpaired) electrons. The molecule has 1 aliphatic rings. The van der Waals surface area contributed by atoms with E-state index in [0.29, 0.717) is 0 Å². The van der Waals surface area contributed by atoms with E-state index in [4.69, 9.17) is 5.11 Å². The van der Waals surface area contributed by atoms with Crippen LogP contribution in [0.15, 0.2) is 35.5 Å². The molecule has 0 amide bonds. The van der Waals surface area contributed by atoms with Gasteiger partial charge in [-0.25, -0.2) is 4.98 Å². The minimum absolute atomic E-state index is 0.0444. The summed E-state index contributed by atoms with van der Waals surface area (Å²) in [6.45, 7) is 0. The lowest BCUT2D eigenvalue weighted by Crippen LogP contribution is -2.08. The van der Waals surface area contributed by atoms with Crippen LogP contribution in [0, 0.1) is 0 Å². The second kappa shape index (κ2) is 5.71. The van der Waals surface area contributed by atoms with Gasteiger partial charge in [-0.1, -0.05) is 30.0 Å². The zero-order valence-corrected chi connectivity index (χ0v) is 11.9. The summed E-state index contributed by atoms with van der Waals surface area (Å²) in [7, 11) is 0. The number of para-hydroxylation sites is 1. The summed E-state index contributed by atoms with van der Waals surface area (Å²) >= 11 is 1.30. The Bertz CT molecular complexity index is 622. The summed E-state index contributed by atoms with van der Waals surface area (Å²) in [6, 6.07) is 10.1. The topological polar surface area (TPSA) is 55.1 Å². The molecule has 0 spiro atoms. The maximum Gasteiger partial charge on any atom is 0.313 e. The standard InChI is InChI=1S/C15H16N2O2S/c18-14(19)10-20-15-16-12-8-4-5-9-13(12)17(15)11-6-2-1-3-7-11/h1-3,6-7H,4-5,8-10H2,(H,18,19). The molecule has 0 saturated carbocycles. The van der Waals surface area contributed by atoms with Gasteiger partial charge in [-0.2, -0.15) is 0 Å². The molecule has 1 N–H and O–H groups in total.